The van der Waals surface area contributed by atoms with E-state index in [0.29, 0.717) is 17.3 Å². The van der Waals surface area contributed by atoms with Gasteiger partial charge in [-0.1, -0.05) is 29.8 Å². The molecule has 1 aliphatic rings. The molecule has 2 aromatic rings. The summed E-state index contributed by atoms with van der Waals surface area (Å²) in [6.07, 6.45) is 0. The van der Waals surface area contributed by atoms with Gasteiger partial charge in [-0.25, -0.2) is 4.79 Å². The van der Waals surface area contributed by atoms with E-state index in [1.165, 1.54) is 4.90 Å². The normalized spacial score (nSPS) is 18.6. The molecule has 1 aromatic carbocycles. The van der Waals surface area contributed by atoms with Gasteiger partial charge in [0.25, 0.3) is 5.91 Å². The van der Waals surface area contributed by atoms with Gasteiger partial charge in [0.15, 0.2) is 6.04 Å². The fourth-order valence-corrected chi connectivity index (χ4v) is 3.14. The quantitative estimate of drug-likeness (QED) is 0.914. The van der Waals surface area contributed by atoms with Crippen molar-refractivity contribution in [1.82, 2.24) is 9.47 Å². The molecule has 0 spiro atoms. The molecule has 0 bridgehead atoms. The van der Waals surface area contributed by atoms with Crippen LogP contribution in [0.2, 0.25) is 5.02 Å². The van der Waals surface area contributed by atoms with Crippen LogP contribution in [0.5, 0.6) is 0 Å². The van der Waals surface area contributed by atoms with Crippen LogP contribution >= 0.6 is 11.6 Å². The standard InChI is InChI=1S/C15H15ClN2O4/c1-17-10-5-3-2-4-9(10)12(16)13(17)14(19)18-6-7-22-8-11(18)15(20)21/h2-5,11H,6-8H2,1H3,(H,20,21). The lowest BCUT2D eigenvalue weighted by Crippen LogP contribution is -2.52. The lowest BCUT2D eigenvalue weighted by atomic mass is 10.2. The number of aromatic nitrogens is 1. The summed E-state index contributed by atoms with van der Waals surface area (Å²) in [6.45, 7) is 0.535. The van der Waals surface area contributed by atoms with Gasteiger partial charge in [-0.15, -0.1) is 0 Å². The molecule has 7 heteroatoms. The Morgan fingerprint density at radius 1 is 1.36 bits per heavy atom. The molecule has 3 rings (SSSR count). The zero-order valence-electron chi connectivity index (χ0n) is 12.0. The van der Waals surface area contributed by atoms with Crippen molar-refractivity contribution in [2.75, 3.05) is 19.8 Å². The largest absolute Gasteiger partial charge is 0.480 e. The highest BCUT2D eigenvalue weighted by Crippen LogP contribution is 2.31. The van der Waals surface area contributed by atoms with E-state index in [2.05, 4.69) is 0 Å². The number of aryl methyl sites for hydroxylation is 1. The van der Waals surface area contributed by atoms with E-state index in [-0.39, 0.29) is 19.1 Å². The number of fused-ring (bicyclic) bond motifs is 1. The molecule has 0 saturated carbocycles. The molecule has 1 aliphatic heterocycles. The third kappa shape index (κ3) is 2.24. The fraction of sp³-hybridized carbons (Fsp3) is 0.333. The van der Waals surface area contributed by atoms with Crippen LogP contribution in [0.15, 0.2) is 24.3 Å². The number of amides is 1. The Morgan fingerprint density at radius 2 is 2.09 bits per heavy atom. The number of benzene rings is 1. The monoisotopic (exact) mass is 322 g/mol. The maximum absolute atomic E-state index is 12.8. The minimum Gasteiger partial charge on any atom is -0.480 e. The molecule has 1 fully saturated rings. The van der Waals surface area contributed by atoms with E-state index < -0.39 is 12.0 Å². The van der Waals surface area contributed by atoms with E-state index in [0.717, 1.165) is 10.9 Å². The molecule has 0 aliphatic carbocycles. The molecular weight excluding hydrogens is 308 g/mol. The predicted molar refractivity (Wildman–Crippen MR) is 81.2 cm³/mol. The number of ether oxygens (including phenoxy) is 1. The van der Waals surface area contributed by atoms with Crippen LogP contribution in [0.4, 0.5) is 0 Å². The maximum atomic E-state index is 12.8. The highest BCUT2D eigenvalue weighted by Gasteiger charge is 2.35. The number of hydrogen-bond acceptors (Lipinski definition) is 3. The Kier molecular flexibility index (Phi) is 3.80. The summed E-state index contributed by atoms with van der Waals surface area (Å²) in [4.78, 5) is 25.5. The summed E-state index contributed by atoms with van der Waals surface area (Å²) >= 11 is 6.36. The van der Waals surface area contributed by atoms with Crippen molar-refractivity contribution in [3.8, 4) is 0 Å². The van der Waals surface area contributed by atoms with Crippen LogP contribution in [-0.2, 0) is 16.6 Å². The number of aliphatic carboxylic acids is 1. The Morgan fingerprint density at radius 3 is 2.77 bits per heavy atom. The Hall–Kier alpha value is -2.05. The van der Waals surface area contributed by atoms with Gasteiger partial charge in [0, 0.05) is 24.5 Å². The maximum Gasteiger partial charge on any atom is 0.328 e. The summed E-state index contributed by atoms with van der Waals surface area (Å²) < 4.78 is 6.87. The number of carbonyl (C=O) groups is 2. The average molecular weight is 323 g/mol. The highest BCUT2D eigenvalue weighted by molar-refractivity contribution is 6.38. The third-order valence-corrected chi connectivity index (χ3v) is 4.30. The Balaban J connectivity index is 2.07. The Bertz CT molecular complexity index is 716. The van der Waals surface area contributed by atoms with Crippen molar-refractivity contribution in [2.45, 2.75) is 6.04 Å². The van der Waals surface area contributed by atoms with Crippen LogP contribution in [-0.4, -0.2) is 52.3 Å². The van der Waals surface area contributed by atoms with Crippen molar-refractivity contribution >= 4 is 34.4 Å². The smallest absolute Gasteiger partial charge is 0.328 e. The van der Waals surface area contributed by atoms with Gasteiger partial charge in [-0.2, -0.15) is 0 Å². The van der Waals surface area contributed by atoms with Gasteiger partial charge < -0.3 is 19.3 Å². The molecule has 1 unspecified atom stereocenters. The van der Waals surface area contributed by atoms with E-state index in [4.69, 9.17) is 16.3 Å². The minimum atomic E-state index is -1.08. The van der Waals surface area contributed by atoms with Crippen LogP contribution < -0.4 is 0 Å². The number of carboxylic acids is 1. The number of morpholine rings is 1. The first kappa shape index (κ1) is 14.9. The van der Waals surface area contributed by atoms with Crippen LogP contribution in [0.25, 0.3) is 10.9 Å². The molecule has 116 valence electrons. The van der Waals surface area contributed by atoms with Gasteiger partial charge in [0.1, 0.15) is 5.69 Å². The number of carboxylic acid groups (broad SMARTS) is 1. The number of halogens is 1. The predicted octanol–water partition coefficient (Wildman–Crippen LogP) is 1.76. The molecule has 1 N–H and O–H groups in total. The number of hydrogen-bond donors (Lipinski definition) is 1. The summed E-state index contributed by atoms with van der Waals surface area (Å²) in [5.74, 6) is -1.47. The van der Waals surface area contributed by atoms with Crippen molar-refractivity contribution in [1.29, 1.82) is 0 Å². The number of nitrogens with zero attached hydrogens (tertiary/aromatic N) is 2. The highest BCUT2D eigenvalue weighted by atomic mass is 35.5. The second-order valence-corrected chi connectivity index (χ2v) is 5.54. The zero-order valence-corrected chi connectivity index (χ0v) is 12.7. The molecule has 22 heavy (non-hydrogen) atoms. The average Bonchev–Trinajstić information content (AvgIpc) is 2.79. The molecule has 0 radical (unpaired) electrons. The second kappa shape index (κ2) is 5.62. The first-order valence-corrected chi connectivity index (χ1v) is 7.24. The molecule has 1 atom stereocenters. The van der Waals surface area contributed by atoms with Gasteiger partial charge >= 0.3 is 5.97 Å². The second-order valence-electron chi connectivity index (χ2n) is 5.17. The summed E-state index contributed by atoms with van der Waals surface area (Å²) in [7, 11) is 1.75. The topological polar surface area (TPSA) is 71.8 Å². The van der Waals surface area contributed by atoms with Crippen LogP contribution in [0.1, 0.15) is 10.5 Å². The number of carbonyl (C=O) groups excluding carboxylic acids is 1. The minimum absolute atomic E-state index is 0.0113. The van der Waals surface area contributed by atoms with E-state index in [1.807, 2.05) is 24.3 Å². The van der Waals surface area contributed by atoms with E-state index >= 15 is 0 Å². The fourth-order valence-electron chi connectivity index (χ4n) is 2.77. The van der Waals surface area contributed by atoms with Crippen molar-refractivity contribution in [3.05, 3.63) is 35.0 Å². The number of para-hydroxylation sites is 1. The van der Waals surface area contributed by atoms with Crippen LogP contribution in [0.3, 0.4) is 0 Å². The lowest BCUT2D eigenvalue weighted by Gasteiger charge is -2.33. The summed E-state index contributed by atoms with van der Waals surface area (Å²) in [5.41, 5.74) is 1.13. The van der Waals surface area contributed by atoms with Gasteiger partial charge in [-0.05, 0) is 6.07 Å². The van der Waals surface area contributed by atoms with Crippen LogP contribution in [0, 0.1) is 0 Å². The first-order chi connectivity index (χ1) is 10.5. The molecule has 1 amide bonds. The zero-order chi connectivity index (χ0) is 15.9. The van der Waals surface area contributed by atoms with Crippen molar-refractivity contribution in [2.24, 2.45) is 7.05 Å². The lowest BCUT2D eigenvalue weighted by molar-refractivity contribution is -0.147. The van der Waals surface area contributed by atoms with Gasteiger partial charge in [-0.3, -0.25) is 4.79 Å². The third-order valence-electron chi connectivity index (χ3n) is 3.92. The molecule has 2 heterocycles. The summed E-state index contributed by atoms with van der Waals surface area (Å²) in [6, 6.07) is 6.42. The van der Waals surface area contributed by atoms with Crippen molar-refractivity contribution < 1.29 is 19.4 Å². The SMILES string of the molecule is Cn1c(C(=O)N2CCOCC2C(=O)O)c(Cl)c2ccccc21. The summed E-state index contributed by atoms with van der Waals surface area (Å²) in [5, 5.41) is 10.4. The molecular formula is C15H15ClN2O4. The van der Waals surface area contributed by atoms with E-state index in [1.54, 1.807) is 11.6 Å². The number of rotatable bonds is 2. The van der Waals surface area contributed by atoms with Gasteiger partial charge in [0.2, 0.25) is 0 Å². The molecule has 1 aromatic heterocycles. The van der Waals surface area contributed by atoms with Gasteiger partial charge in [0.05, 0.1) is 18.2 Å². The first-order valence-electron chi connectivity index (χ1n) is 6.86. The molecule has 6 nitrogen and oxygen atoms in total. The Labute approximate surface area is 131 Å². The van der Waals surface area contributed by atoms with Crippen molar-refractivity contribution in [3.63, 3.8) is 0 Å². The molecule has 1 saturated heterocycles. The van der Waals surface area contributed by atoms with E-state index in [9.17, 15) is 14.7 Å².